The van der Waals surface area contributed by atoms with Crippen molar-refractivity contribution < 1.29 is 4.74 Å². The van der Waals surface area contributed by atoms with Gasteiger partial charge in [-0.15, -0.1) is 0 Å². The molecule has 29 heavy (non-hydrogen) atoms. The molecule has 7 heteroatoms. The highest BCUT2D eigenvalue weighted by molar-refractivity contribution is 5.55. The largest absolute Gasteiger partial charge is 0.378 e. The molecule has 152 valence electrons. The summed E-state index contributed by atoms with van der Waals surface area (Å²) in [7, 11) is 0. The van der Waals surface area contributed by atoms with Crippen molar-refractivity contribution in [3.8, 4) is 11.4 Å². The minimum atomic E-state index is -0.131. The third-order valence-corrected chi connectivity index (χ3v) is 5.38. The second-order valence-corrected chi connectivity index (χ2v) is 7.41. The van der Waals surface area contributed by atoms with Crippen LogP contribution in [0.3, 0.4) is 0 Å². The van der Waals surface area contributed by atoms with Crippen molar-refractivity contribution in [3.63, 3.8) is 0 Å². The Balaban J connectivity index is 1.46. The van der Waals surface area contributed by atoms with E-state index in [0.717, 1.165) is 44.0 Å². The minimum absolute atomic E-state index is 0.131. The average molecular weight is 393 g/mol. The Kier molecular flexibility index (Phi) is 6.17. The van der Waals surface area contributed by atoms with Gasteiger partial charge in [0.15, 0.2) is 0 Å². The Morgan fingerprint density at radius 2 is 2.14 bits per heavy atom. The second kappa shape index (κ2) is 9.15. The van der Waals surface area contributed by atoms with E-state index < -0.39 is 0 Å². The van der Waals surface area contributed by atoms with E-state index in [-0.39, 0.29) is 5.56 Å². The topological polar surface area (TPSA) is 76.0 Å². The summed E-state index contributed by atoms with van der Waals surface area (Å²) in [5.74, 6) is 0.609. The Morgan fingerprint density at radius 1 is 1.28 bits per heavy atom. The molecule has 0 bridgehead atoms. The predicted octanol–water partition coefficient (Wildman–Crippen LogP) is 2.49. The van der Waals surface area contributed by atoms with E-state index in [4.69, 9.17) is 4.74 Å². The van der Waals surface area contributed by atoms with Crippen LogP contribution >= 0.6 is 0 Å². The zero-order chi connectivity index (χ0) is 20.1. The first kappa shape index (κ1) is 19.5. The molecule has 0 amide bonds. The first-order valence-electron chi connectivity index (χ1n) is 10.2. The molecule has 0 spiro atoms. The van der Waals surface area contributed by atoms with Crippen molar-refractivity contribution in [1.29, 1.82) is 0 Å². The standard InChI is InChI=1S/C22H27N5O2/c1-2-20-16-29-13-12-26(20)15-17-4-6-18(7-5-17)22-24-19(14-21(28)25-22)8-11-27-10-3-9-23-27/h3-7,9-10,14,20H,2,8,11-13,15-16H2,1H3,(H,24,25,28)/t20-/m1/s1. The van der Waals surface area contributed by atoms with Crippen molar-refractivity contribution in [2.45, 2.75) is 38.9 Å². The van der Waals surface area contributed by atoms with Crippen LogP contribution in [0.4, 0.5) is 0 Å². The number of aromatic nitrogens is 4. The van der Waals surface area contributed by atoms with E-state index in [9.17, 15) is 4.79 Å². The summed E-state index contributed by atoms with van der Waals surface area (Å²) in [6, 6.07) is 12.2. The summed E-state index contributed by atoms with van der Waals surface area (Å²) in [5.41, 5.74) is 2.81. The Hall–Kier alpha value is -2.77. The fourth-order valence-corrected chi connectivity index (χ4v) is 3.71. The second-order valence-electron chi connectivity index (χ2n) is 7.41. The molecule has 7 nitrogen and oxygen atoms in total. The van der Waals surface area contributed by atoms with Crippen molar-refractivity contribution >= 4 is 0 Å². The molecule has 4 rings (SSSR count). The molecular weight excluding hydrogens is 366 g/mol. The lowest BCUT2D eigenvalue weighted by Gasteiger charge is -2.35. The summed E-state index contributed by atoms with van der Waals surface area (Å²) < 4.78 is 7.43. The summed E-state index contributed by atoms with van der Waals surface area (Å²) in [4.78, 5) is 22.1. The van der Waals surface area contributed by atoms with Crippen LogP contribution in [0, 0.1) is 0 Å². The van der Waals surface area contributed by atoms with Gasteiger partial charge in [-0.1, -0.05) is 31.2 Å². The Morgan fingerprint density at radius 3 is 2.90 bits per heavy atom. The van der Waals surface area contributed by atoms with E-state index >= 15 is 0 Å². The van der Waals surface area contributed by atoms with Crippen molar-refractivity contribution in [1.82, 2.24) is 24.6 Å². The third-order valence-electron chi connectivity index (χ3n) is 5.38. The number of hydrogen-bond donors (Lipinski definition) is 1. The molecule has 0 radical (unpaired) electrons. The molecule has 1 aromatic carbocycles. The van der Waals surface area contributed by atoms with Gasteiger partial charge in [0.05, 0.1) is 18.9 Å². The minimum Gasteiger partial charge on any atom is -0.378 e. The molecule has 1 atom stereocenters. The molecule has 2 aromatic heterocycles. The Labute approximate surface area is 170 Å². The smallest absolute Gasteiger partial charge is 0.251 e. The molecule has 3 heterocycles. The molecule has 0 saturated carbocycles. The van der Waals surface area contributed by atoms with E-state index in [1.54, 1.807) is 12.3 Å². The fraction of sp³-hybridized carbons (Fsp3) is 0.409. The third kappa shape index (κ3) is 4.99. The van der Waals surface area contributed by atoms with E-state index in [1.807, 2.05) is 29.1 Å². The lowest BCUT2D eigenvalue weighted by Crippen LogP contribution is -2.44. The molecule has 0 unspecified atom stereocenters. The van der Waals surface area contributed by atoms with Crippen LogP contribution < -0.4 is 5.56 Å². The first-order valence-corrected chi connectivity index (χ1v) is 10.2. The summed E-state index contributed by atoms with van der Waals surface area (Å²) in [6.45, 7) is 6.39. The van der Waals surface area contributed by atoms with Gasteiger partial charge < -0.3 is 9.72 Å². The van der Waals surface area contributed by atoms with Crippen LogP contribution in [-0.2, 0) is 24.2 Å². The number of H-pyrrole nitrogens is 1. The van der Waals surface area contributed by atoms with Gasteiger partial charge in [0.2, 0.25) is 0 Å². The van der Waals surface area contributed by atoms with Gasteiger partial charge in [-0.3, -0.25) is 14.4 Å². The van der Waals surface area contributed by atoms with Gasteiger partial charge in [0.25, 0.3) is 5.56 Å². The predicted molar refractivity (Wildman–Crippen MR) is 112 cm³/mol. The highest BCUT2D eigenvalue weighted by Gasteiger charge is 2.21. The number of aromatic amines is 1. The number of ether oxygens (including phenoxy) is 1. The molecule has 1 N–H and O–H groups in total. The van der Waals surface area contributed by atoms with Crippen LogP contribution in [-0.4, -0.2) is 50.4 Å². The number of aryl methyl sites for hydroxylation is 2. The maximum absolute atomic E-state index is 12.1. The van der Waals surface area contributed by atoms with Gasteiger partial charge in [-0.2, -0.15) is 5.10 Å². The van der Waals surface area contributed by atoms with Crippen LogP contribution in [0.15, 0.2) is 53.6 Å². The normalized spacial score (nSPS) is 17.5. The quantitative estimate of drug-likeness (QED) is 0.667. The zero-order valence-electron chi connectivity index (χ0n) is 16.8. The SMILES string of the molecule is CC[C@@H]1COCCN1Cc1ccc(-c2nc(CCn3cccn3)cc(=O)[nH]2)cc1. The number of nitrogens with one attached hydrogen (secondary N) is 1. The van der Waals surface area contributed by atoms with Gasteiger partial charge in [0, 0.05) is 56.1 Å². The highest BCUT2D eigenvalue weighted by atomic mass is 16.5. The number of benzene rings is 1. The van der Waals surface area contributed by atoms with Gasteiger partial charge in [0.1, 0.15) is 5.82 Å². The maximum Gasteiger partial charge on any atom is 0.251 e. The van der Waals surface area contributed by atoms with Crippen LogP contribution in [0.2, 0.25) is 0 Å². The van der Waals surface area contributed by atoms with Crippen LogP contribution in [0.5, 0.6) is 0 Å². The van der Waals surface area contributed by atoms with Crippen molar-refractivity contribution in [3.05, 3.63) is 70.4 Å². The summed E-state index contributed by atoms with van der Waals surface area (Å²) >= 11 is 0. The van der Waals surface area contributed by atoms with E-state index in [0.29, 0.717) is 24.8 Å². The van der Waals surface area contributed by atoms with Gasteiger partial charge in [-0.25, -0.2) is 4.98 Å². The molecule has 0 aliphatic carbocycles. The molecule has 1 aliphatic rings. The molecule has 1 aliphatic heterocycles. The van der Waals surface area contributed by atoms with Gasteiger partial charge in [-0.05, 0) is 18.1 Å². The van der Waals surface area contributed by atoms with Crippen molar-refractivity contribution in [2.24, 2.45) is 0 Å². The first-order chi connectivity index (χ1) is 14.2. The Bertz CT molecular complexity index is 966. The molecular formula is C22H27N5O2. The van der Waals surface area contributed by atoms with Crippen molar-refractivity contribution in [2.75, 3.05) is 19.8 Å². The molecule has 3 aromatic rings. The molecule has 1 fully saturated rings. The van der Waals surface area contributed by atoms with E-state index in [2.05, 4.69) is 39.0 Å². The number of hydrogen-bond acceptors (Lipinski definition) is 5. The number of rotatable bonds is 7. The van der Waals surface area contributed by atoms with Gasteiger partial charge >= 0.3 is 0 Å². The summed E-state index contributed by atoms with van der Waals surface area (Å²) in [5, 5.41) is 4.19. The highest BCUT2D eigenvalue weighted by Crippen LogP contribution is 2.18. The van der Waals surface area contributed by atoms with Crippen LogP contribution in [0.25, 0.3) is 11.4 Å². The average Bonchev–Trinajstić information content (AvgIpc) is 3.27. The van der Waals surface area contributed by atoms with Crippen LogP contribution in [0.1, 0.15) is 24.6 Å². The fourth-order valence-electron chi connectivity index (χ4n) is 3.71. The number of morpholine rings is 1. The lowest BCUT2D eigenvalue weighted by atomic mass is 10.1. The zero-order valence-corrected chi connectivity index (χ0v) is 16.8. The molecule has 1 saturated heterocycles. The lowest BCUT2D eigenvalue weighted by molar-refractivity contribution is -0.0127. The van der Waals surface area contributed by atoms with E-state index in [1.165, 1.54) is 5.56 Å². The summed E-state index contributed by atoms with van der Waals surface area (Å²) in [6.07, 6.45) is 5.41. The maximum atomic E-state index is 12.1. The number of nitrogens with zero attached hydrogens (tertiary/aromatic N) is 4. The monoisotopic (exact) mass is 393 g/mol.